The highest BCUT2D eigenvalue weighted by molar-refractivity contribution is 5.78. The molecule has 0 radical (unpaired) electrons. The molecule has 1 fully saturated rings. The van der Waals surface area contributed by atoms with Crippen LogP contribution in [0.3, 0.4) is 0 Å². The van der Waals surface area contributed by atoms with Crippen molar-refractivity contribution < 1.29 is 14.6 Å². The molecule has 1 atom stereocenters. The number of methoxy groups -OCH3 is 1. The molecule has 1 unspecified atom stereocenters. The number of hydrogen-bond donors (Lipinski definition) is 2. The van der Waals surface area contributed by atoms with E-state index in [0.29, 0.717) is 13.0 Å². The third kappa shape index (κ3) is 0.998. The van der Waals surface area contributed by atoms with Crippen molar-refractivity contribution in [3.63, 3.8) is 0 Å². The van der Waals surface area contributed by atoms with Gasteiger partial charge in [0.05, 0.1) is 0 Å². The van der Waals surface area contributed by atoms with Crippen molar-refractivity contribution in [1.29, 1.82) is 0 Å². The van der Waals surface area contributed by atoms with Gasteiger partial charge < -0.3 is 15.2 Å². The molecule has 1 aliphatic heterocycles. The molecule has 0 bridgehead atoms. The van der Waals surface area contributed by atoms with E-state index in [-0.39, 0.29) is 0 Å². The van der Waals surface area contributed by atoms with Gasteiger partial charge in [0.2, 0.25) is 0 Å². The van der Waals surface area contributed by atoms with Crippen molar-refractivity contribution in [2.75, 3.05) is 20.2 Å². The monoisotopic (exact) mass is 145 g/mol. The lowest BCUT2D eigenvalue weighted by molar-refractivity contribution is -0.159. The van der Waals surface area contributed by atoms with Gasteiger partial charge in [0.25, 0.3) is 0 Å². The van der Waals surface area contributed by atoms with Crippen molar-refractivity contribution in [3.05, 3.63) is 0 Å². The second kappa shape index (κ2) is 2.56. The number of nitrogens with one attached hydrogen (secondary N) is 1. The van der Waals surface area contributed by atoms with Gasteiger partial charge >= 0.3 is 5.97 Å². The molecular formula is C6H11NO3. The van der Waals surface area contributed by atoms with E-state index in [1.807, 2.05) is 0 Å². The lowest BCUT2D eigenvalue weighted by Gasteiger charge is -2.20. The lowest BCUT2D eigenvalue weighted by atomic mass is 10.0. The van der Waals surface area contributed by atoms with E-state index in [0.717, 1.165) is 6.54 Å². The first-order valence-electron chi connectivity index (χ1n) is 3.20. The number of hydrogen-bond acceptors (Lipinski definition) is 3. The maximum Gasteiger partial charge on any atom is 0.337 e. The van der Waals surface area contributed by atoms with Crippen molar-refractivity contribution in [2.45, 2.75) is 12.0 Å². The van der Waals surface area contributed by atoms with Crippen molar-refractivity contribution in [1.82, 2.24) is 5.32 Å². The Labute approximate surface area is 59.2 Å². The minimum atomic E-state index is -0.958. The molecule has 1 aliphatic rings. The summed E-state index contributed by atoms with van der Waals surface area (Å²) in [6, 6.07) is 0. The normalized spacial score (nSPS) is 32.5. The van der Waals surface area contributed by atoms with Gasteiger partial charge in [0.15, 0.2) is 5.60 Å². The maximum absolute atomic E-state index is 10.6. The summed E-state index contributed by atoms with van der Waals surface area (Å²) in [4.78, 5) is 10.6. The summed E-state index contributed by atoms with van der Waals surface area (Å²) >= 11 is 0. The minimum absolute atomic E-state index is 0.416. The molecule has 10 heavy (non-hydrogen) atoms. The highest BCUT2D eigenvalue weighted by Crippen LogP contribution is 2.18. The summed E-state index contributed by atoms with van der Waals surface area (Å²) in [5.41, 5.74) is -0.958. The highest BCUT2D eigenvalue weighted by Gasteiger charge is 2.41. The van der Waals surface area contributed by atoms with E-state index in [2.05, 4.69) is 5.32 Å². The zero-order valence-corrected chi connectivity index (χ0v) is 5.89. The Kier molecular flexibility index (Phi) is 1.92. The predicted octanol–water partition coefficient (Wildman–Crippen LogP) is -0.551. The summed E-state index contributed by atoms with van der Waals surface area (Å²) in [6.45, 7) is 1.14. The first-order chi connectivity index (χ1) is 4.71. The van der Waals surface area contributed by atoms with Crippen LogP contribution in [0.2, 0.25) is 0 Å². The SMILES string of the molecule is COC1(C(=O)O)CCNC1. The zero-order valence-electron chi connectivity index (χ0n) is 5.89. The third-order valence-corrected chi connectivity index (χ3v) is 1.90. The van der Waals surface area contributed by atoms with Crippen LogP contribution in [0.4, 0.5) is 0 Å². The van der Waals surface area contributed by atoms with Gasteiger partial charge in [-0.15, -0.1) is 0 Å². The van der Waals surface area contributed by atoms with E-state index in [1.165, 1.54) is 7.11 Å². The fourth-order valence-electron chi connectivity index (χ4n) is 1.11. The van der Waals surface area contributed by atoms with Crippen LogP contribution in [-0.2, 0) is 9.53 Å². The number of ether oxygens (including phenoxy) is 1. The van der Waals surface area contributed by atoms with Gasteiger partial charge in [-0.25, -0.2) is 4.79 Å². The van der Waals surface area contributed by atoms with Gasteiger partial charge in [0, 0.05) is 20.1 Å². The van der Waals surface area contributed by atoms with Crippen LogP contribution >= 0.6 is 0 Å². The highest BCUT2D eigenvalue weighted by atomic mass is 16.5. The van der Waals surface area contributed by atoms with Crippen molar-refractivity contribution in [2.24, 2.45) is 0 Å². The van der Waals surface area contributed by atoms with Crippen LogP contribution in [0.1, 0.15) is 6.42 Å². The molecule has 4 nitrogen and oxygen atoms in total. The molecule has 0 saturated carbocycles. The van der Waals surface area contributed by atoms with E-state index < -0.39 is 11.6 Å². The molecule has 2 N–H and O–H groups in total. The Morgan fingerprint density at radius 3 is 2.70 bits per heavy atom. The molecule has 1 saturated heterocycles. The number of rotatable bonds is 2. The van der Waals surface area contributed by atoms with E-state index in [1.54, 1.807) is 0 Å². The minimum Gasteiger partial charge on any atom is -0.479 e. The van der Waals surface area contributed by atoms with Crippen molar-refractivity contribution >= 4 is 5.97 Å². The summed E-state index contributed by atoms with van der Waals surface area (Å²) in [6.07, 6.45) is 0.554. The third-order valence-electron chi connectivity index (χ3n) is 1.90. The molecule has 4 heteroatoms. The average molecular weight is 145 g/mol. The van der Waals surface area contributed by atoms with Gasteiger partial charge in [-0.05, 0) is 6.54 Å². The first kappa shape index (κ1) is 7.50. The lowest BCUT2D eigenvalue weighted by Crippen LogP contribution is -2.42. The molecule has 58 valence electrons. The van der Waals surface area contributed by atoms with E-state index >= 15 is 0 Å². The Hall–Kier alpha value is -0.610. The zero-order chi connectivity index (χ0) is 7.61. The quantitative estimate of drug-likeness (QED) is 0.547. The average Bonchev–Trinajstić information content (AvgIpc) is 2.35. The Bertz CT molecular complexity index is 140. The molecular weight excluding hydrogens is 134 g/mol. The second-order valence-electron chi connectivity index (χ2n) is 2.43. The van der Waals surface area contributed by atoms with Gasteiger partial charge in [0.1, 0.15) is 0 Å². The van der Waals surface area contributed by atoms with E-state index in [4.69, 9.17) is 9.84 Å². The van der Waals surface area contributed by atoms with Crippen LogP contribution in [0.5, 0.6) is 0 Å². The number of carboxylic acids is 1. The molecule has 0 aromatic heterocycles. The van der Waals surface area contributed by atoms with Crippen LogP contribution < -0.4 is 5.32 Å². The summed E-state index contributed by atoms with van der Waals surface area (Å²) in [5.74, 6) is -0.875. The summed E-state index contributed by atoms with van der Waals surface area (Å²) in [5, 5.41) is 11.6. The molecule has 1 heterocycles. The van der Waals surface area contributed by atoms with Gasteiger partial charge in [-0.1, -0.05) is 0 Å². The topological polar surface area (TPSA) is 58.6 Å². The Morgan fingerprint density at radius 1 is 1.80 bits per heavy atom. The second-order valence-corrected chi connectivity index (χ2v) is 2.43. The maximum atomic E-state index is 10.6. The Balaban J connectivity index is 2.67. The molecule has 0 aromatic rings. The first-order valence-corrected chi connectivity index (χ1v) is 3.20. The van der Waals surface area contributed by atoms with Crippen LogP contribution in [0.25, 0.3) is 0 Å². The Morgan fingerprint density at radius 2 is 2.50 bits per heavy atom. The molecule has 0 amide bonds. The molecule has 0 aliphatic carbocycles. The fraction of sp³-hybridized carbons (Fsp3) is 0.833. The number of carbonyl (C=O) groups is 1. The van der Waals surface area contributed by atoms with Crippen LogP contribution in [-0.4, -0.2) is 36.9 Å². The van der Waals surface area contributed by atoms with Crippen LogP contribution in [0, 0.1) is 0 Å². The number of carboxylic acid groups (broad SMARTS) is 1. The molecule has 0 aromatic carbocycles. The van der Waals surface area contributed by atoms with E-state index in [9.17, 15) is 4.79 Å². The smallest absolute Gasteiger partial charge is 0.337 e. The van der Waals surface area contributed by atoms with Gasteiger partial charge in [-0.2, -0.15) is 0 Å². The standard InChI is InChI=1S/C6H11NO3/c1-10-6(5(8)9)2-3-7-4-6/h7H,2-4H2,1H3,(H,8,9). The summed E-state index contributed by atoms with van der Waals surface area (Å²) < 4.78 is 4.90. The number of aliphatic carboxylic acids is 1. The van der Waals surface area contributed by atoms with Crippen LogP contribution in [0.15, 0.2) is 0 Å². The predicted molar refractivity (Wildman–Crippen MR) is 34.9 cm³/mol. The van der Waals surface area contributed by atoms with Crippen molar-refractivity contribution in [3.8, 4) is 0 Å². The summed E-state index contributed by atoms with van der Waals surface area (Å²) in [7, 11) is 1.43. The van der Waals surface area contributed by atoms with Gasteiger partial charge in [-0.3, -0.25) is 0 Å². The molecule has 1 rings (SSSR count). The molecule has 0 spiro atoms. The largest absolute Gasteiger partial charge is 0.479 e. The fourth-order valence-corrected chi connectivity index (χ4v) is 1.11.